The van der Waals surface area contributed by atoms with E-state index in [0.717, 1.165) is 23.2 Å². The van der Waals surface area contributed by atoms with Gasteiger partial charge in [0.05, 0.1) is 11.1 Å². The number of aromatic carboxylic acids is 1. The standard InChI is InChI=1S/C18H21NO2/c1-2-14-9-6-10-19-15(11-13-7-4-3-5-8-13)12-16(17(14)19)18(20)21/h2,6,9-10,12-13H,1,3-5,7-8,11H2,(H,20,21). The minimum atomic E-state index is -0.864. The molecule has 0 radical (unpaired) electrons. The van der Waals surface area contributed by atoms with Crippen molar-refractivity contribution in [3.63, 3.8) is 0 Å². The molecule has 0 spiro atoms. The van der Waals surface area contributed by atoms with E-state index in [1.165, 1.54) is 32.1 Å². The summed E-state index contributed by atoms with van der Waals surface area (Å²) in [5.41, 5.74) is 3.14. The van der Waals surface area contributed by atoms with Crippen molar-refractivity contribution < 1.29 is 9.90 Å². The average Bonchev–Trinajstić information content (AvgIpc) is 2.87. The third-order valence-electron chi connectivity index (χ3n) is 4.57. The predicted octanol–water partition coefficient (Wildman–Crippen LogP) is 4.40. The molecule has 1 fully saturated rings. The first-order valence-corrected chi connectivity index (χ1v) is 7.69. The Kier molecular flexibility index (Phi) is 3.82. The first-order chi connectivity index (χ1) is 10.2. The fraction of sp³-hybridized carbons (Fsp3) is 0.389. The monoisotopic (exact) mass is 283 g/mol. The van der Waals surface area contributed by atoms with Crippen LogP contribution >= 0.6 is 0 Å². The molecule has 0 saturated heterocycles. The fourth-order valence-corrected chi connectivity index (χ4v) is 3.53. The van der Waals surface area contributed by atoms with Crippen molar-refractivity contribution in [2.45, 2.75) is 38.5 Å². The third kappa shape index (κ3) is 2.60. The van der Waals surface area contributed by atoms with Gasteiger partial charge >= 0.3 is 5.97 Å². The van der Waals surface area contributed by atoms with E-state index in [9.17, 15) is 9.90 Å². The van der Waals surface area contributed by atoms with Gasteiger partial charge in [-0.15, -0.1) is 0 Å². The minimum absolute atomic E-state index is 0.385. The van der Waals surface area contributed by atoms with Gasteiger partial charge in [-0.3, -0.25) is 0 Å². The van der Waals surface area contributed by atoms with Crippen molar-refractivity contribution in [1.82, 2.24) is 4.40 Å². The number of carboxylic acids is 1. The van der Waals surface area contributed by atoms with Gasteiger partial charge in [-0.2, -0.15) is 0 Å². The zero-order chi connectivity index (χ0) is 14.8. The molecule has 0 unspecified atom stereocenters. The van der Waals surface area contributed by atoms with E-state index in [0.29, 0.717) is 11.5 Å². The van der Waals surface area contributed by atoms with Gasteiger partial charge in [-0.1, -0.05) is 50.8 Å². The van der Waals surface area contributed by atoms with E-state index < -0.39 is 5.97 Å². The van der Waals surface area contributed by atoms with Crippen LogP contribution in [0.5, 0.6) is 0 Å². The highest BCUT2D eigenvalue weighted by molar-refractivity contribution is 5.99. The Labute approximate surface area is 124 Å². The van der Waals surface area contributed by atoms with Gasteiger partial charge in [0.1, 0.15) is 0 Å². The molecule has 0 aliphatic heterocycles. The summed E-state index contributed by atoms with van der Waals surface area (Å²) in [7, 11) is 0. The molecule has 1 N–H and O–H groups in total. The van der Waals surface area contributed by atoms with E-state index >= 15 is 0 Å². The predicted molar refractivity (Wildman–Crippen MR) is 84.7 cm³/mol. The van der Waals surface area contributed by atoms with Gasteiger partial charge in [0, 0.05) is 11.9 Å². The minimum Gasteiger partial charge on any atom is -0.478 e. The van der Waals surface area contributed by atoms with Crippen LogP contribution in [0.1, 0.15) is 53.7 Å². The van der Waals surface area contributed by atoms with E-state index in [1.807, 2.05) is 28.8 Å². The second kappa shape index (κ2) is 5.76. The Morgan fingerprint density at radius 1 is 1.38 bits per heavy atom. The number of hydrogen-bond donors (Lipinski definition) is 1. The van der Waals surface area contributed by atoms with Gasteiger partial charge in [0.2, 0.25) is 0 Å². The Hall–Kier alpha value is -2.03. The van der Waals surface area contributed by atoms with Crippen molar-refractivity contribution in [2.24, 2.45) is 5.92 Å². The summed E-state index contributed by atoms with van der Waals surface area (Å²) in [6.07, 6.45) is 11.1. The summed E-state index contributed by atoms with van der Waals surface area (Å²) in [6.45, 7) is 3.80. The normalized spacial score (nSPS) is 16.2. The SMILES string of the molecule is C=Cc1cccn2c(CC3CCCCC3)cc(C(=O)O)c12. The lowest BCUT2D eigenvalue weighted by Crippen LogP contribution is -2.10. The topological polar surface area (TPSA) is 41.7 Å². The fourth-order valence-electron chi connectivity index (χ4n) is 3.53. The summed E-state index contributed by atoms with van der Waals surface area (Å²) >= 11 is 0. The van der Waals surface area contributed by atoms with Gasteiger partial charge in [0.15, 0.2) is 0 Å². The molecule has 3 rings (SSSR count). The lowest BCUT2D eigenvalue weighted by Gasteiger charge is -2.21. The molecular formula is C18H21NO2. The van der Waals surface area contributed by atoms with Crippen LogP contribution in [0.15, 0.2) is 31.0 Å². The average molecular weight is 283 g/mol. The number of fused-ring (bicyclic) bond motifs is 1. The zero-order valence-electron chi connectivity index (χ0n) is 12.2. The number of pyridine rings is 1. The molecular weight excluding hydrogens is 262 g/mol. The van der Waals surface area contributed by atoms with Crippen LogP contribution in [0, 0.1) is 5.92 Å². The first-order valence-electron chi connectivity index (χ1n) is 7.69. The van der Waals surface area contributed by atoms with E-state index in [-0.39, 0.29) is 0 Å². The van der Waals surface area contributed by atoms with Crippen LogP contribution in [0.4, 0.5) is 0 Å². The van der Waals surface area contributed by atoms with E-state index in [1.54, 1.807) is 6.08 Å². The third-order valence-corrected chi connectivity index (χ3v) is 4.57. The Morgan fingerprint density at radius 2 is 2.14 bits per heavy atom. The van der Waals surface area contributed by atoms with Crippen LogP contribution < -0.4 is 0 Å². The number of carbonyl (C=O) groups is 1. The van der Waals surface area contributed by atoms with Crippen molar-refractivity contribution >= 4 is 17.6 Å². The summed E-state index contributed by atoms with van der Waals surface area (Å²) in [6, 6.07) is 5.72. The zero-order valence-corrected chi connectivity index (χ0v) is 12.2. The van der Waals surface area contributed by atoms with Crippen LogP contribution in [0.3, 0.4) is 0 Å². The van der Waals surface area contributed by atoms with Gasteiger partial charge in [-0.25, -0.2) is 4.79 Å². The maximum absolute atomic E-state index is 11.5. The highest BCUT2D eigenvalue weighted by atomic mass is 16.4. The molecule has 2 heterocycles. The second-order valence-corrected chi connectivity index (χ2v) is 5.95. The van der Waals surface area contributed by atoms with Gasteiger partial charge < -0.3 is 9.51 Å². The number of aromatic nitrogens is 1. The van der Waals surface area contributed by atoms with Crippen LogP contribution in [-0.4, -0.2) is 15.5 Å². The molecule has 2 aromatic heterocycles. The van der Waals surface area contributed by atoms with Crippen molar-refractivity contribution in [1.29, 1.82) is 0 Å². The summed E-state index contributed by atoms with van der Waals surface area (Å²) in [5.74, 6) is -0.178. The van der Waals surface area contributed by atoms with Crippen molar-refractivity contribution in [3.8, 4) is 0 Å². The summed E-state index contributed by atoms with van der Waals surface area (Å²) < 4.78 is 2.04. The molecule has 0 atom stereocenters. The maximum atomic E-state index is 11.5. The molecule has 1 aliphatic rings. The Bertz CT molecular complexity index is 678. The molecule has 1 aliphatic carbocycles. The largest absolute Gasteiger partial charge is 0.478 e. The lowest BCUT2D eigenvalue weighted by atomic mass is 9.86. The molecule has 0 amide bonds. The molecule has 3 heteroatoms. The molecule has 0 bridgehead atoms. The summed E-state index contributed by atoms with van der Waals surface area (Å²) in [4.78, 5) is 11.5. The van der Waals surface area contributed by atoms with E-state index in [2.05, 4.69) is 6.58 Å². The van der Waals surface area contributed by atoms with Gasteiger partial charge in [0.25, 0.3) is 0 Å². The molecule has 1 saturated carbocycles. The molecule has 21 heavy (non-hydrogen) atoms. The van der Waals surface area contributed by atoms with Crippen LogP contribution in [0.25, 0.3) is 11.6 Å². The number of rotatable bonds is 4. The second-order valence-electron chi connectivity index (χ2n) is 5.95. The number of carboxylic acid groups (broad SMARTS) is 1. The highest BCUT2D eigenvalue weighted by Crippen LogP contribution is 2.29. The van der Waals surface area contributed by atoms with Crippen LogP contribution in [0.2, 0.25) is 0 Å². The number of hydrogen-bond acceptors (Lipinski definition) is 1. The Morgan fingerprint density at radius 3 is 2.81 bits per heavy atom. The Balaban J connectivity index is 2.06. The highest BCUT2D eigenvalue weighted by Gasteiger charge is 2.20. The smallest absolute Gasteiger partial charge is 0.337 e. The molecule has 110 valence electrons. The van der Waals surface area contributed by atoms with Gasteiger partial charge in [-0.05, 0) is 30.0 Å². The first kappa shape index (κ1) is 13.9. The maximum Gasteiger partial charge on any atom is 0.337 e. The van der Waals surface area contributed by atoms with Crippen molar-refractivity contribution in [2.75, 3.05) is 0 Å². The molecule has 3 nitrogen and oxygen atoms in total. The lowest BCUT2D eigenvalue weighted by molar-refractivity contribution is 0.0699. The van der Waals surface area contributed by atoms with Crippen LogP contribution in [-0.2, 0) is 6.42 Å². The molecule has 0 aromatic carbocycles. The molecule has 2 aromatic rings. The summed E-state index contributed by atoms with van der Waals surface area (Å²) in [5, 5.41) is 9.47. The van der Waals surface area contributed by atoms with Crippen molar-refractivity contribution in [3.05, 3.63) is 47.8 Å². The number of nitrogens with zero attached hydrogens (tertiary/aromatic N) is 1. The quantitative estimate of drug-likeness (QED) is 0.903. The van der Waals surface area contributed by atoms with E-state index in [4.69, 9.17) is 0 Å².